The van der Waals surface area contributed by atoms with Gasteiger partial charge in [-0.15, -0.1) is 0 Å². The first kappa shape index (κ1) is 21.1. The Morgan fingerprint density at radius 3 is 2.36 bits per heavy atom. The normalized spacial score (nSPS) is 10.0. The Labute approximate surface area is 166 Å². The number of hydrogen-bond acceptors (Lipinski definition) is 5. The summed E-state index contributed by atoms with van der Waals surface area (Å²) in [6, 6.07) is 15.3. The molecule has 1 amide bonds. The van der Waals surface area contributed by atoms with Crippen LogP contribution in [0.3, 0.4) is 0 Å². The van der Waals surface area contributed by atoms with Crippen molar-refractivity contribution < 1.29 is 19.0 Å². The van der Waals surface area contributed by atoms with Crippen LogP contribution in [0.5, 0.6) is 17.2 Å². The van der Waals surface area contributed by atoms with E-state index in [1.807, 2.05) is 43.3 Å². The van der Waals surface area contributed by atoms with Gasteiger partial charge in [0.15, 0.2) is 11.5 Å². The first-order valence-corrected chi connectivity index (χ1v) is 9.40. The molecule has 0 atom stereocenters. The summed E-state index contributed by atoms with van der Waals surface area (Å²) in [6.45, 7) is 5.65. The molecular formula is C22H26N2O4. The smallest absolute Gasteiger partial charge is 0.234 e. The van der Waals surface area contributed by atoms with Gasteiger partial charge in [-0.2, -0.15) is 5.26 Å². The third-order valence-electron chi connectivity index (χ3n) is 3.98. The highest BCUT2D eigenvalue weighted by molar-refractivity contribution is 5.77. The Morgan fingerprint density at radius 2 is 1.68 bits per heavy atom. The Bertz CT molecular complexity index is 797. The van der Waals surface area contributed by atoms with Crippen molar-refractivity contribution in [2.75, 3.05) is 19.8 Å². The first-order valence-electron chi connectivity index (χ1n) is 9.40. The zero-order valence-electron chi connectivity index (χ0n) is 16.4. The Kier molecular flexibility index (Phi) is 8.67. The van der Waals surface area contributed by atoms with Crippen molar-refractivity contribution in [1.82, 2.24) is 5.32 Å². The molecular weight excluding hydrogens is 356 g/mol. The quantitative estimate of drug-likeness (QED) is 0.600. The lowest BCUT2D eigenvalue weighted by molar-refractivity contribution is -0.120. The highest BCUT2D eigenvalue weighted by atomic mass is 16.5. The van der Waals surface area contributed by atoms with Crippen LogP contribution in [0.2, 0.25) is 0 Å². The molecule has 0 saturated carbocycles. The zero-order chi connectivity index (χ0) is 20.2. The van der Waals surface area contributed by atoms with Gasteiger partial charge in [-0.25, -0.2) is 0 Å². The van der Waals surface area contributed by atoms with E-state index >= 15 is 0 Å². The van der Waals surface area contributed by atoms with Gasteiger partial charge >= 0.3 is 0 Å². The predicted molar refractivity (Wildman–Crippen MR) is 106 cm³/mol. The number of carbonyl (C=O) groups excluding carboxylic acids is 1. The number of carbonyl (C=O) groups is 1. The predicted octanol–water partition coefficient (Wildman–Crippen LogP) is 3.64. The van der Waals surface area contributed by atoms with E-state index in [2.05, 4.69) is 24.4 Å². The fourth-order valence-corrected chi connectivity index (χ4v) is 2.52. The van der Waals surface area contributed by atoms with E-state index in [9.17, 15) is 4.79 Å². The number of nitriles is 1. The van der Waals surface area contributed by atoms with Crippen LogP contribution >= 0.6 is 0 Å². The van der Waals surface area contributed by atoms with Gasteiger partial charge in [0, 0.05) is 6.54 Å². The van der Waals surface area contributed by atoms with Crippen LogP contribution in [0.25, 0.3) is 0 Å². The van der Waals surface area contributed by atoms with Gasteiger partial charge in [-0.1, -0.05) is 25.1 Å². The number of nitrogens with zero attached hydrogens (tertiary/aromatic N) is 1. The van der Waals surface area contributed by atoms with Gasteiger partial charge in [0.05, 0.1) is 12.7 Å². The molecule has 0 saturated heterocycles. The van der Waals surface area contributed by atoms with Crippen molar-refractivity contribution >= 4 is 5.91 Å². The number of hydrogen-bond donors (Lipinski definition) is 1. The van der Waals surface area contributed by atoms with Crippen LogP contribution in [0.15, 0.2) is 42.5 Å². The minimum Gasteiger partial charge on any atom is -0.490 e. The molecule has 2 aromatic carbocycles. The summed E-state index contributed by atoms with van der Waals surface area (Å²) < 4.78 is 17.1. The largest absolute Gasteiger partial charge is 0.490 e. The van der Waals surface area contributed by atoms with Gasteiger partial charge in [-0.3, -0.25) is 4.79 Å². The summed E-state index contributed by atoms with van der Waals surface area (Å²) in [6.07, 6.45) is 0.849. The number of rotatable bonds is 11. The van der Waals surface area contributed by atoms with E-state index in [4.69, 9.17) is 19.5 Å². The highest BCUT2D eigenvalue weighted by Gasteiger charge is 2.08. The number of ether oxygens (including phenoxy) is 3. The van der Waals surface area contributed by atoms with E-state index < -0.39 is 0 Å². The zero-order valence-corrected chi connectivity index (χ0v) is 16.4. The van der Waals surface area contributed by atoms with E-state index in [0.717, 1.165) is 17.7 Å². The molecule has 0 heterocycles. The molecule has 0 fully saturated rings. The lowest BCUT2D eigenvalue weighted by atomic mass is 10.2. The Balaban J connectivity index is 1.87. The second-order valence-corrected chi connectivity index (χ2v) is 6.02. The van der Waals surface area contributed by atoms with Gasteiger partial charge in [0.2, 0.25) is 5.91 Å². The minimum atomic E-state index is -0.301. The van der Waals surface area contributed by atoms with E-state index in [1.54, 1.807) is 0 Å². The average molecular weight is 382 g/mol. The number of aryl methyl sites for hydroxylation is 1. The fraction of sp³-hybridized carbons (Fsp3) is 0.364. The molecule has 0 unspecified atom stereocenters. The molecule has 1 N–H and O–H groups in total. The van der Waals surface area contributed by atoms with Crippen molar-refractivity contribution in [3.63, 3.8) is 0 Å². The molecule has 148 valence electrons. The SMILES string of the molecule is CCOc1cc(CNC(=O)CC#N)ccc1OCCOc1ccc(CC)cc1. The standard InChI is InChI=1S/C22H26N2O4/c1-3-17-5-8-19(9-6-17)27-13-14-28-20-10-7-18(15-21(20)26-4-2)16-24-22(25)11-12-23/h5-10,15H,3-4,11,13-14,16H2,1-2H3,(H,24,25). The fourth-order valence-electron chi connectivity index (χ4n) is 2.52. The summed E-state index contributed by atoms with van der Waals surface area (Å²) >= 11 is 0. The molecule has 2 rings (SSSR count). The molecule has 0 spiro atoms. The molecule has 0 aromatic heterocycles. The molecule has 2 aromatic rings. The third-order valence-corrected chi connectivity index (χ3v) is 3.98. The topological polar surface area (TPSA) is 80.6 Å². The molecule has 6 nitrogen and oxygen atoms in total. The van der Waals surface area contributed by atoms with Crippen LogP contribution in [-0.2, 0) is 17.8 Å². The summed E-state index contributed by atoms with van der Waals surface area (Å²) in [7, 11) is 0. The maximum absolute atomic E-state index is 11.4. The molecule has 6 heteroatoms. The van der Waals surface area contributed by atoms with Crippen molar-refractivity contribution in [2.45, 2.75) is 33.2 Å². The summed E-state index contributed by atoms with van der Waals surface area (Å²) in [5, 5.41) is 11.2. The first-order chi connectivity index (χ1) is 13.7. The highest BCUT2D eigenvalue weighted by Crippen LogP contribution is 2.28. The number of amides is 1. The molecule has 0 aliphatic heterocycles. The van der Waals surface area contributed by atoms with Crippen molar-refractivity contribution in [3.8, 4) is 23.3 Å². The third kappa shape index (κ3) is 6.84. The number of nitrogens with one attached hydrogen (secondary N) is 1. The molecule has 0 radical (unpaired) electrons. The van der Waals surface area contributed by atoms with Crippen LogP contribution < -0.4 is 19.5 Å². The lowest BCUT2D eigenvalue weighted by Gasteiger charge is -2.14. The van der Waals surface area contributed by atoms with Crippen LogP contribution in [0.4, 0.5) is 0 Å². The van der Waals surface area contributed by atoms with Crippen LogP contribution in [0, 0.1) is 11.3 Å². The number of benzene rings is 2. The van der Waals surface area contributed by atoms with E-state index in [-0.39, 0.29) is 12.3 Å². The average Bonchev–Trinajstić information content (AvgIpc) is 2.71. The van der Waals surface area contributed by atoms with E-state index in [1.165, 1.54) is 5.56 Å². The summed E-state index contributed by atoms with van der Waals surface area (Å²) in [4.78, 5) is 11.4. The van der Waals surface area contributed by atoms with Crippen LogP contribution in [0.1, 0.15) is 31.4 Å². The monoisotopic (exact) mass is 382 g/mol. The second kappa shape index (κ2) is 11.5. The molecule has 0 aliphatic rings. The molecule has 0 bridgehead atoms. The Hall–Kier alpha value is -3.20. The van der Waals surface area contributed by atoms with E-state index in [0.29, 0.717) is 37.9 Å². The van der Waals surface area contributed by atoms with Crippen LogP contribution in [-0.4, -0.2) is 25.7 Å². The maximum Gasteiger partial charge on any atom is 0.234 e. The summed E-state index contributed by atoms with van der Waals surface area (Å²) in [5.74, 6) is 1.75. The van der Waals surface area contributed by atoms with Gasteiger partial charge in [0.25, 0.3) is 0 Å². The Morgan fingerprint density at radius 1 is 0.964 bits per heavy atom. The minimum absolute atomic E-state index is 0.152. The maximum atomic E-state index is 11.4. The van der Waals surface area contributed by atoms with Gasteiger partial charge in [-0.05, 0) is 48.7 Å². The van der Waals surface area contributed by atoms with Gasteiger partial charge < -0.3 is 19.5 Å². The second-order valence-electron chi connectivity index (χ2n) is 6.02. The summed E-state index contributed by atoms with van der Waals surface area (Å²) in [5.41, 5.74) is 2.14. The van der Waals surface area contributed by atoms with Crippen molar-refractivity contribution in [1.29, 1.82) is 5.26 Å². The van der Waals surface area contributed by atoms with Gasteiger partial charge in [0.1, 0.15) is 25.4 Å². The molecule has 0 aliphatic carbocycles. The lowest BCUT2D eigenvalue weighted by Crippen LogP contribution is -2.21. The van der Waals surface area contributed by atoms with Crippen molar-refractivity contribution in [2.24, 2.45) is 0 Å². The van der Waals surface area contributed by atoms with Crippen molar-refractivity contribution in [3.05, 3.63) is 53.6 Å². The molecule has 28 heavy (non-hydrogen) atoms.